The molecule has 0 aliphatic heterocycles. The molecule has 39 heavy (non-hydrogen) atoms. The minimum absolute atomic E-state index is 0.0328. The third kappa shape index (κ3) is 6.00. The highest BCUT2D eigenvalue weighted by Crippen LogP contribution is 2.38. The van der Waals surface area contributed by atoms with Gasteiger partial charge in [-0.2, -0.15) is 8.78 Å². The van der Waals surface area contributed by atoms with E-state index in [0.29, 0.717) is 23.8 Å². The van der Waals surface area contributed by atoms with Crippen molar-refractivity contribution in [2.75, 3.05) is 6.86 Å². The second-order valence-corrected chi connectivity index (χ2v) is 8.54. The first-order valence-corrected chi connectivity index (χ1v) is 11.7. The van der Waals surface area contributed by atoms with Gasteiger partial charge in [0.15, 0.2) is 17.4 Å². The maximum absolute atomic E-state index is 14.8. The Kier molecular flexibility index (Phi) is 8.13. The van der Waals surface area contributed by atoms with Crippen LogP contribution in [0.1, 0.15) is 24.5 Å². The van der Waals surface area contributed by atoms with Crippen molar-refractivity contribution >= 4 is 0 Å². The molecular weight excluding hydrogens is 532 g/mol. The summed E-state index contributed by atoms with van der Waals surface area (Å²) in [6, 6.07) is 11.8. The first-order valence-electron chi connectivity index (χ1n) is 11.7. The van der Waals surface area contributed by atoms with Crippen LogP contribution in [0.2, 0.25) is 0 Å². The van der Waals surface area contributed by atoms with Crippen molar-refractivity contribution < 1.29 is 44.6 Å². The Bertz CT molecular complexity index is 1440. The van der Waals surface area contributed by atoms with E-state index in [2.05, 4.69) is 9.47 Å². The summed E-state index contributed by atoms with van der Waals surface area (Å²) in [6.07, 6.45) is -2.84. The molecule has 4 aromatic rings. The van der Waals surface area contributed by atoms with Gasteiger partial charge >= 0.3 is 6.11 Å². The van der Waals surface area contributed by atoms with Gasteiger partial charge in [0.2, 0.25) is 6.86 Å². The zero-order chi connectivity index (χ0) is 28.3. The molecule has 0 aliphatic carbocycles. The predicted octanol–water partition coefficient (Wildman–Crippen LogP) is 9.10. The molecule has 0 atom stereocenters. The van der Waals surface area contributed by atoms with Crippen molar-refractivity contribution in [3.05, 3.63) is 107 Å². The monoisotopic (exact) mass is 552 g/mol. The minimum Gasteiger partial charge on any atom is -0.457 e. The highest BCUT2D eigenvalue weighted by molar-refractivity contribution is 5.67. The van der Waals surface area contributed by atoms with Gasteiger partial charge in [0.1, 0.15) is 28.8 Å². The Morgan fingerprint density at radius 2 is 1.26 bits per heavy atom. The molecule has 10 heteroatoms. The molecule has 0 fully saturated rings. The van der Waals surface area contributed by atoms with Gasteiger partial charge in [0, 0.05) is 11.6 Å². The number of hydrogen-bond acceptors (Lipinski definition) is 2. The number of rotatable bonds is 9. The number of aryl methyl sites for hydroxylation is 1. The van der Waals surface area contributed by atoms with Crippen LogP contribution in [0.5, 0.6) is 11.5 Å². The Balaban J connectivity index is 1.59. The molecule has 204 valence electrons. The summed E-state index contributed by atoms with van der Waals surface area (Å²) < 4.78 is 123. The van der Waals surface area contributed by atoms with E-state index in [1.807, 2.05) is 6.92 Å². The third-order valence-electron chi connectivity index (χ3n) is 5.85. The molecule has 0 bridgehead atoms. The smallest absolute Gasteiger partial charge is 0.432 e. The summed E-state index contributed by atoms with van der Waals surface area (Å²) in [5.41, 5.74) is -0.978. The number of halogens is 8. The van der Waals surface area contributed by atoms with E-state index in [4.69, 9.17) is 0 Å². The summed E-state index contributed by atoms with van der Waals surface area (Å²) in [5, 5.41) is 0. The molecule has 0 aromatic heterocycles. The molecule has 0 saturated carbocycles. The van der Waals surface area contributed by atoms with E-state index >= 15 is 0 Å². The Morgan fingerprint density at radius 3 is 1.79 bits per heavy atom. The Labute approximate surface area is 218 Å². The number of hydrogen-bond donors (Lipinski definition) is 0. The van der Waals surface area contributed by atoms with Crippen LogP contribution in [0.25, 0.3) is 22.3 Å². The average molecular weight is 552 g/mol. The topological polar surface area (TPSA) is 18.5 Å². The molecule has 4 aromatic carbocycles. The Hall–Kier alpha value is -4.08. The lowest BCUT2D eigenvalue weighted by molar-refractivity contribution is -0.189. The van der Waals surface area contributed by atoms with E-state index in [1.54, 1.807) is 24.3 Å². The second-order valence-electron chi connectivity index (χ2n) is 8.54. The lowest BCUT2D eigenvalue weighted by Crippen LogP contribution is -2.25. The second kappa shape index (κ2) is 11.3. The summed E-state index contributed by atoms with van der Waals surface area (Å²) in [7, 11) is 0. The highest BCUT2D eigenvalue weighted by Gasteiger charge is 2.41. The largest absolute Gasteiger partial charge is 0.457 e. The fourth-order valence-electron chi connectivity index (χ4n) is 4.07. The van der Waals surface area contributed by atoms with Crippen molar-refractivity contribution in [1.29, 1.82) is 0 Å². The first-order chi connectivity index (χ1) is 18.5. The van der Waals surface area contributed by atoms with Crippen molar-refractivity contribution in [3.8, 4) is 33.8 Å². The molecule has 0 unspecified atom stereocenters. The summed E-state index contributed by atoms with van der Waals surface area (Å²) >= 11 is 0. The zero-order valence-corrected chi connectivity index (χ0v) is 20.3. The molecule has 4 rings (SSSR count). The minimum atomic E-state index is -4.55. The van der Waals surface area contributed by atoms with E-state index in [-0.39, 0.29) is 11.1 Å². The fraction of sp³-hybridized carbons (Fsp3) is 0.172. The van der Waals surface area contributed by atoms with E-state index in [1.165, 1.54) is 0 Å². The summed E-state index contributed by atoms with van der Waals surface area (Å²) in [4.78, 5) is 0. The molecule has 0 radical (unpaired) electrons. The number of ether oxygens (including phenoxy) is 2. The maximum Gasteiger partial charge on any atom is 0.432 e. The van der Waals surface area contributed by atoms with Crippen molar-refractivity contribution in [3.63, 3.8) is 0 Å². The van der Waals surface area contributed by atoms with Crippen LogP contribution >= 0.6 is 0 Å². The van der Waals surface area contributed by atoms with Crippen LogP contribution in [0, 0.1) is 29.1 Å². The Morgan fingerprint density at radius 1 is 0.667 bits per heavy atom. The molecule has 0 amide bonds. The van der Waals surface area contributed by atoms with Crippen molar-refractivity contribution in [2.24, 2.45) is 0 Å². The zero-order valence-electron chi connectivity index (χ0n) is 20.3. The van der Waals surface area contributed by atoms with Crippen molar-refractivity contribution in [1.82, 2.24) is 0 Å². The molecule has 0 heterocycles. The van der Waals surface area contributed by atoms with E-state index in [9.17, 15) is 35.1 Å². The van der Waals surface area contributed by atoms with Gasteiger partial charge in [-0.05, 0) is 65.1 Å². The molecule has 0 N–H and O–H groups in total. The molecular formula is C29H20F8O2. The van der Waals surface area contributed by atoms with Crippen LogP contribution in [-0.2, 0) is 12.5 Å². The van der Waals surface area contributed by atoms with Crippen molar-refractivity contribution in [2.45, 2.75) is 25.9 Å². The first kappa shape index (κ1) is 27.9. The lowest BCUT2D eigenvalue weighted by atomic mass is 10.00. The summed E-state index contributed by atoms with van der Waals surface area (Å²) in [6.45, 7) is 0.494. The van der Waals surface area contributed by atoms with Gasteiger partial charge in [-0.15, -0.1) is 0 Å². The maximum atomic E-state index is 14.8. The molecule has 0 spiro atoms. The standard InChI is InChI=1S/C29H20F8O2/c1-2-3-16-4-6-17(7-5-16)18-10-23(32)27(24(33)11-18)29(36,37)39-20-8-9-21(22(31)14-20)19-12-25(34)28(38-15-30)26(35)13-19/h4-14H,2-3,15H2,1H3. The normalized spacial score (nSPS) is 11.5. The van der Waals surface area contributed by atoms with Crippen LogP contribution in [0.4, 0.5) is 35.1 Å². The molecule has 0 saturated heterocycles. The van der Waals surface area contributed by atoms with Gasteiger partial charge in [0.05, 0.1) is 0 Å². The van der Waals surface area contributed by atoms with E-state index < -0.39 is 64.7 Å². The van der Waals surface area contributed by atoms with Gasteiger partial charge in [-0.1, -0.05) is 37.6 Å². The lowest BCUT2D eigenvalue weighted by Gasteiger charge is -2.20. The van der Waals surface area contributed by atoms with Crippen LogP contribution < -0.4 is 9.47 Å². The molecule has 0 aliphatic rings. The predicted molar refractivity (Wildman–Crippen MR) is 129 cm³/mol. The van der Waals surface area contributed by atoms with Crippen LogP contribution in [-0.4, -0.2) is 6.86 Å². The fourth-order valence-corrected chi connectivity index (χ4v) is 4.07. The summed E-state index contributed by atoms with van der Waals surface area (Å²) in [5.74, 6) is -8.85. The van der Waals surface area contributed by atoms with Crippen LogP contribution in [0.15, 0.2) is 66.7 Å². The number of benzene rings is 4. The quantitative estimate of drug-likeness (QED) is 0.193. The third-order valence-corrected chi connectivity index (χ3v) is 5.85. The number of alkyl halides is 3. The average Bonchev–Trinajstić information content (AvgIpc) is 2.86. The van der Waals surface area contributed by atoms with Gasteiger partial charge in [-0.3, -0.25) is 0 Å². The van der Waals surface area contributed by atoms with Gasteiger partial charge in [-0.25, -0.2) is 26.3 Å². The van der Waals surface area contributed by atoms with Gasteiger partial charge in [0.25, 0.3) is 0 Å². The van der Waals surface area contributed by atoms with Gasteiger partial charge < -0.3 is 9.47 Å². The highest BCUT2D eigenvalue weighted by atomic mass is 19.3. The molecule has 2 nitrogen and oxygen atoms in total. The van der Waals surface area contributed by atoms with E-state index in [0.717, 1.165) is 42.7 Å². The SMILES string of the molecule is CCCc1ccc(-c2cc(F)c(C(F)(F)Oc3ccc(-c4cc(F)c(OCF)c(F)c4)c(F)c3)c(F)c2)cc1. The van der Waals surface area contributed by atoms with Crippen LogP contribution in [0.3, 0.4) is 0 Å².